The van der Waals surface area contributed by atoms with Gasteiger partial charge in [0.1, 0.15) is 0 Å². The number of rotatable bonds is 0. The van der Waals surface area contributed by atoms with Gasteiger partial charge in [-0.15, -0.1) is 0 Å². The van der Waals surface area contributed by atoms with E-state index in [-0.39, 0.29) is 5.03 Å². The number of hydrogen-bond donors (Lipinski definition) is 0. The summed E-state index contributed by atoms with van der Waals surface area (Å²) in [6.07, 6.45) is 0. The van der Waals surface area contributed by atoms with E-state index in [0.29, 0.717) is 0 Å². The molecule has 0 radical (unpaired) electrons. The van der Waals surface area contributed by atoms with Crippen LogP contribution in [0.3, 0.4) is 0 Å². The topological polar surface area (TPSA) is 0 Å². The number of benzene rings is 1. The van der Waals surface area contributed by atoms with Crippen LogP contribution in [0.25, 0.3) is 0 Å². The van der Waals surface area contributed by atoms with Gasteiger partial charge in [-0.2, -0.15) is 0 Å². The molecule has 52 valence electrons. The molecule has 0 saturated heterocycles. The van der Waals surface area contributed by atoms with E-state index in [1.54, 1.807) is 0 Å². The van der Waals surface area contributed by atoms with E-state index in [1.165, 1.54) is 9.79 Å². The molecule has 0 amide bonds. The highest BCUT2D eigenvalue weighted by atomic mass is 79.9. The van der Waals surface area contributed by atoms with Crippen molar-refractivity contribution in [1.29, 1.82) is 0 Å². The van der Waals surface area contributed by atoms with Crippen molar-refractivity contribution in [3.05, 3.63) is 24.3 Å². The van der Waals surface area contributed by atoms with Crippen LogP contribution in [0.5, 0.6) is 0 Å². The van der Waals surface area contributed by atoms with E-state index in [0.717, 1.165) is 0 Å². The van der Waals surface area contributed by atoms with Gasteiger partial charge < -0.3 is 0 Å². The van der Waals surface area contributed by atoms with Crippen LogP contribution in [0.4, 0.5) is 0 Å². The Hall–Kier alpha value is 0.830. The number of fused-ring (bicyclic) bond motifs is 1. The molecule has 0 spiro atoms. The first kappa shape index (κ1) is 7.48. The first-order valence-corrected chi connectivity index (χ1v) is 8.97. The Labute approximate surface area is 77.1 Å². The predicted molar refractivity (Wildman–Crippen MR) is 54.0 cm³/mol. The molecule has 1 aromatic carbocycles. The fourth-order valence-corrected chi connectivity index (χ4v) is 8.92. The highest BCUT2D eigenvalue weighted by molar-refractivity contribution is 9.57. The van der Waals surface area contributed by atoms with Crippen molar-refractivity contribution in [3.8, 4) is 0 Å². The summed E-state index contributed by atoms with van der Waals surface area (Å²) >= 11 is 7.48. The minimum atomic E-state index is -0.0460. The van der Waals surface area contributed by atoms with E-state index >= 15 is 0 Å². The fourth-order valence-electron chi connectivity index (χ4n) is 0.774. The zero-order valence-electron chi connectivity index (χ0n) is 4.95. The highest BCUT2D eigenvalue weighted by Gasteiger charge is 2.19. The van der Waals surface area contributed by atoms with Crippen LogP contribution in [0.1, 0.15) is 0 Å². The van der Waals surface area contributed by atoms with Crippen LogP contribution in [0.2, 0.25) is 0 Å². The molecule has 0 N–H and O–H groups in total. The molecule has 0 aromatic heterocycles. The molecule has 4 heteroatoms. The second kappa shape index (κ2) is 3.06. The highest BCUT2D eigenvalue weighted by Crippen LogP contribution is 2.77. The Bertz CT molecular complexity index is 228. The normalized spacial score (nSPS) is 17.3. The molecule has 0 saturated carbocycles. The summed E-state index contributed by atoms with van der Waals surface area (Å²) in [6, 6.07) is 8.54. The maximum atomic E-state index is 3.61. The molecule has 10 heavy (non-hydrogen) atoms. The Morgan fingerprint density at radius 2 is 1.60 bits per heavy atom. The zero-order chi connectivity index (χ0) is 6.97. The largest absolute Gasteiger partial charge is 0.0930 e. The molecule has 0 fully saturated rings. The van der Waals surface area contributed by atoms with Gasteiger partial charge in [-0.25, -0.2) is 0 Å². The average molecular weight is 251 g/mol. The molecular formula is C6H4BrPS2. The van der Waals surface area contributed by atoms with E-state index in [4.69, 9.17) is 0 Å². The van der Waals surface area contributed by atoms with Gasteiger partial charge in [-0.1, -0.05) is 34.9 Å². The van der Waals surface area contributed by atoms with E-state index < -0.39 is 0 Å². The lowest BCUT2D eigenvalue weighted by atomic mass is 10.4. The molecule has 0 unspecified atom stereocenters. The third kappa shape index (κ3) is 1.38. The monoisotopic (exact) mass is 250 g/mol. The van der Waals surface area contributed by atoms with Crippen molar-refractivity contribution in [2.45, 2.75) is 9.79 Å². The van der Waals surface area contributed by atoms with Crippen LogP contribution in [0.15, 0.2) is 34.1 Å². The first-order valence-electron chi connectivity index (χ1n) is 2.77. The van der Waals surface area contributed by atoms with Gasteiger partial charge in [0.15, 0.2) is 0 Å². The van der Waals surface area contributed by atoms with Crippen LogP contribution in [-0.4, -0.2) is 0 Å². The minimum Gasteiger partial charge on any atom is -0.0740 e. The predicted octanol–water partition coefficient (Wildman–Crippen LogP) is 4.51. The summed E-state index contributed by atoms with van der Waals surface area (Å²) in [5, 5.41) is -0.0460. The van der Waals surface area contributed by atoms with Gasteiger partial charge in [-0.05, 0) is 27.6 Å². The van der Waals surface area contributed by atoms with Gasteiger partial charge >= 0.3 is 0 Å². The molecule has 0 bridgehead atoms. The van der Waals surface area contributed by atoms with Crippen molar-refractivity contribution in [3.63, 3.8) is 0 Å². The van der Waals surface area contributed by atoms with Gasteiger partial charge in [0.05, 0.1) is 5.03 Å². The lowest BCUT2D eigenvalue weighted by Crippen LogP contribution is -1.65. The van der Waals surface area contributed by atoms with E-state index in [1.807, 2.05) is 22.8 Å². The van der Waals surface area contributed by atoms with Crippen LogP contribution >= 0.6 is 43.3 Å². The van der Waals surface area contributed by atoms with Crippen molar-refractivity contribution < 1.29 is 0 Å². The Balaban J connectivity index is 2.42. The SMILES string of the molecule is BrP1Sc2ccccc2S1. The van der Waals surface area contributed by atoms with Crippen molar-refractivity contribution in [2.75, 3.05) is 0 Å². The Kier molecular flexibility index (Phi) is 2.29. The van der Waals surface area contributed by atoms with Crippen molar-refractivity contribution >= 4 is 43.3 Å². The average Bonchev–Trinajstić information content (AvgIpc) is 2.27. The smallest absolute Gasteiger partial charge is 0.0740 e. The summed E-state index contributed by atoms with van der Waals surface area (Å²) in [5.41, 5.74) is 0. The lowest BCUT2D eigenvalue weighted by Gasteiger charge is -1.89. The van der Waals surface area contributed by atoms with Crippen LogP contribution in [0, 0.1) is 0 Å². The second-order valence-electron chi connectivity index (χ2n) is 1.84. The molecular weight excluding hydrogens is 247 g/mol. The maximum Gasteiger partial charge on any atom is 0.0930 e. The van der Waals surface area contributed by atoms with Gasteiger partial charge in [0.25, 0.3) is 0 Å². The van der Waals surface area contributed by atoms with Crippen molar-refractivity contribution in [2.24, 2.45) is 0 Å². The second-order valence-corrected chi connectivity index (χ2v) is 12.4. The van der Waals surface area contributed by atoms with Gasteiger partial charge in [0.2, 0.25) is 0 Å². The zero-order valence-corrected chi connectivity index (χ0v) is 9.06. The summed E-state index contributed by atoms with van der Waals surface area (Å²) in [4.78, 5) is 2.85. The molecule has 1 aliphatic heterocycles. The van der Waals surface area contributed by atoms with Gasteiger partial charge in [-0.3, -0.25) is 0 Å². The number of hydrogen-bond acceptors (Lipinski definition) is 2. The number of halogens is 1. The Morgan fingerprint density at radius 1 is 1.10 bits per heavy atom. The summed E-state index contributed by atoms with van der Waals surface area (Å²) in [7, 11) is 0. The third-order valence-corrected chi connectivity index (χ3v) is 8.70. The van der Waals surface area contributed by atoms with Gasteiger partial charge in [0, 0.05) is 9.79 Å². The molecule has 1 aromatic rings. The molecule has 0 nitrogen and oxygen atoms in total. The molecule has 2 rings (SSSR count). The molecule has 0 atom stereocenters. The van der Waals surface area contributed by atoms with Crippen LogP contribution < -0.4 is 0 Å². The van der Waals surface area contributed by atoms with Crippen molar-refractivity contribution in [1.82, 2.24) is 0 Å². The molecule has 0 aliphatic carbocycles. The van der Waals surface area contributed by atoms with E-state index in [9.17, 15) is 0 Å². The summed E-state index contributed by atoms with van der Waals surface area (Å²) in [5.74, 6) is 0. The maximum absolute atomic E-state index is 3.61. The minimum absolute atomic E-state index is 0.0460. The fraction of sp³-hybridized carbons (Fsp3) is 0. The quantitative estimate of drug-likeness (QED) is 0.622. The molecule has 1 heterocycles. The molecule has 1 aliphatic rings. The standard InChI is InChI=1S/C6H4BrPS2/c7-8-9-5-3-1-2-4-6(5)10-8/h1-4H. The lowest BCUT2D eigenvalue weighted by molar-refractivity contribution is 1.27. The first-order chi connectivity index (χ1) is 4.86. The summed E-state index contributed by atoms with van der Waals surface area (Å²) in [6.45, 7) is 0. The summed E-state index contributed by atoms with van der Waals surface area (Å²) < 4.78 is 0. The third-order valence-electron chi connectivity index (χ3n) is 1.19. The van der Waals surface area contributed by atoms with Crippen LogP contribution in [-0.2, 0) is 0 Å². The Morgan fingerprint density at radius 3 is 2.10 bits per heavy atom. The van der Waals surface area contributed by atoms with E-state index in [2.05, 4.69) is 39.8 Å².